The van der Waals surface area contributed by atoms with Gasteiger partial charge in [-0.2, -0.15) is 0 Å². The van der Waals surface area contributed by atoms with Crippen LogP contribution in [0.25, 0.3) is 0 Å². The number of carboxylic acids is 2. The largest absolute Gasteiger partial charge is 0.479 e. The van der Waals surface area contributed by atoms with Crippen molar-refractivity contribution in [1.82, 2.24) is 15.1 Å². The minimum absolute atomic E-state index is 0.0183. The maximum absolute atomic E-state index is 13.0. The van der Waals surface area contributed by atoms with Crippen LogP contribution in [-0.2, 0) is 28.7 Å². The smallest absolute Gasteiger partial charge is 0.341 e. The quantitative estimate of drug-likeness (QED) is 0.0766. The van der Waals surface area contributed by atoms with E-state index < -0.39 is 57.3 Å². The molecule has 0 aliphatic carbocycles. The zero-order valence-electron chi connectivity index (χ0n) is 24.0. The monoisotopic (exact) mass is 583 g/mol. The number of ether oxygens (including phenoxy) is 2. The number of carbonyl (C=O) groups is 4. The number of carbonyl (C=O) groups excluding carboxylic acids is 2. The average molecular weight is 584 g/mol. The van der Waals surface area contributed by atoms with E-state index in [9.17, 15) is 29.4 Å². The summed E-state index contributed by atoms with van der Waals surface area (Å²) in [4.78, 5) is 53.8. The first-order valence-corrected chi connectivity index (χ1v) is 14.2. The number of carboxylic acid groups (broad SMARTS) is 2. The molecule has 3 atom stereocenters. The highest BCUT2D eigenvalue weighted by molar-refractivity contribution is 8.77. The van der Waals surface area contributed by atoms with E-state index in [1.165, 1.54) is 0 Å². The van der Waals surface area contributed by atoms with E-state index in [4.69, 9.17) is 20.9 Å². The fourth-order valence-corrected chi connectivity index (χ4v) is 6.03. The summed E-state index contributed by atoms with van der Waals surface area (Å²) in [5.41, 5.74) is 5.12. The summed E-state index contributed by atoms with van der Waals surface area (Å²) < 4.78 is 10.5. The normalized spacial score (nSPS) is 16.6. The topological polar surface area (TPSA) is 198 Å². The van der Waals surface area contributed by atoms with Gasteiger partial charge in [0.05, 0.1) is 6.17 Å². The van der Waals surface area contributed by atoms with Crippen molar-refractivity contribution in [3.8, 4) is 0 Å². The van der Waals surface area contributed by atoms with Gasteiger partial charge >= 0.3 is 23.9 Å². The molecule has 222 valence electrons. The highest BCUT2D eigenvalue weighted by Gasteiger charge is 2.53. The molecule has 15 heteroatoms. The van der Waals surface area contributed by atoms with Crippen LogP contribution < -0.4 is 16.8 Å². The predicted molar refractivity (Wildman–Crippen MR) is 148 cm³/mol. The standard InChI is InChI=1S/C23H45N5O8S2/c1-20(2,3)35-18(33)22(24,16(29)30)13-37-38-15(26-12-11-14(27(7)8)28(9)10)23(25,17(31)32)19(34)36-21(4,5)6/h14-15,26H,11-13,24-25H2,1-10H3,(H,29,30)(H,31,32)/t15?,22-,23-/m0/s1. The van der Waals surface area contributed by atoms with Gasteiger partial charge in [-0.25, -0.2) is 19.2 Å². The van der Waals surface area contributed by atoms with Gasteiger partial charge in [0, 0.05) is 5.75 Å². The molecule has 1 unspecified atom stereocenters. The minimum atomic E-state index is -2.55. The second-order valence-electron chi connectivity index (χ2n) is 11.3. The van der Waals surface area contributed by atoms with Crippen molar-refractivity contribution in [1.29, 1.82) is 0 Å². The predicted octanol–water partition coefficient (Wildman–Crippen LogP) is 0.371. The molecule has 38 heavy (non-hydrogen) atoms. The van der Waals surface area contributed by atoms with Crippen LogP contribution in [0.1, 0.15) is 48.0 Å². The number of esters is 2. The molecule has 0 aromatic carbocycles. The Bertz CT molecular complexity index is 839. The van der Waals surface area contributed by atoms with Gasteiger partial charge in [0.2, 0.25) is 11.1 Å². The Morgan fingerprint density at radius 1 is 0.842 bits per heavy atom. The lowest BCUT2D eigenvalue weighted by atomic mass is 10.00. The zero-order chi connectivity index (χ0) is 30.3. The summed E-state index contributed by atoms with van der Waals surface area (Å²) in [6, 6.07) is 0. The molecule has 7 N–H and O–H groups in total. The number of aliphatic carboxylic acids is 2. The summed E-state index contributed by atoms with van der Waals surface area (Å²) in [6.45, 7) is 9.68. The van der Waals surface area contributed by atoms with Gasteiger partial charge in [-0.05, 0) is 82.7 Å². The van der Waals surface area contributed by atoms with Gasteiger partial charge in [0.1, 0.15) is 16.6 Å². The molecular weight excluding hydrogens is 538 g/mol. The SMILES string of the molecule is CN(C)C(CCNC(SSC[C@](N)(C(=O)O)C(=O)OC(C)(C)C)[C@](N)(C(=O)O)C(=O)OC(C)(C)C)N(C)C. The van der Waals surface area contributed by atoms with E-state index in [1.54, 1.807) is 41.5 Å². The lowest BCUT2D eigenvalue weighted by Gasteiger charge is -2.35. The molecule has 0 bridgehead atoms. The summed E-state index contributed by atoms with van der Waals surface area (Å²) in [7, 11) is 9.12. The minimum Gasteiger partial charge on any atom is -0.479 e. The molecule has 0 radical (unpaired) electrons. The molecule has 0 heterocycles. The molecule has 0 spiro atoms. The molecular formula is C23H45N5O8S2. The second-order valence-corrected chi connectivity index (χ2v) is 13.8. The van der Waals surface area contributed by atoms with Gasteiger partial charge in [-0.15, -0.1) is 0 Å². The Kier molecular flexibility index (Phi) is 13.5. The van der Waals surface area contributed by atoms with Crippen LogP contribution in [0, 0.1) is 0 Å². The summed E-state index contributed by atoms with van der Waals surface area (Å²) >= 11 is 0. The first-order chi connectivity index (χ1) is 17.0. The average Bonchev–Trinajstić information content (AvgIpc) is 2.71. The second kappa shape index (κ2) is 14.1. The van der Waals surface area contributed by atoms with Crippen molar-refractivity contribution in [2.75, 3.05) is 40.5 Å². The third-order valence-electron chi connectivity index (χ3n) is 5.02. The van der Waals surface area contributed by atoms with Crippen LogP contribution in [0.15, 0.2) is 0 Å². The van der Waals surface area contributed by atoms with E-state index in [2.05, 4.69) is 5.32 Å². The molecule has 0 aromatic heterocycles. The van der Waals surface area contributed by atoms with Gasteiger partial charge < -0.3 is 36.5 Å². The van der Waals surface area contributed by atoms with Crippen molar-refractivity contribution in [2.45, 2.75) is 81.8 Å². The number of hydrogen-bond donors (Lipinski definition) is 5. The fourth-order valence-electron chi connectivity index (χ4n) is 3.03. The highest BCUT2D eigenvalue weighted by Crippen LogP contribution is 2.35. The number of nitrogens with zero attached hydrogens (tertiary/aromatic N) is 2. The Hall–Kier alpha value is -1.62. The van der Waals surface area contributed by atoms with Crippen molar-refractivity contribution < 1.29 is 38.9 Å². The van der Waals surface area contributed by atoms with E-state index in [-0.39, 0.29) is 12.7 Å². The van der Waals surface area contributed by atoms with Gasteiger partial charge in [-0.1, -0.05) is 21.6 Å². The number of nitrogens with two attached hydrogens (primary N) is 2. The third kappa shape index (κ3) is 10.9. The van der Waals surface area contributed by atoms with Crippen LogP contribution in [0.3, 0.4) is 0 Å². The van der Waals surface area contributed by atoms with E-state index >= 15 is 0 Å². The van der Waals surface area contributed by atoms with Crippen LogP contribution >= 0.6 is 21.6 Å². The lowest BCUT2D eigenvalue weighted by molar-refractivity contribution is -0.170. The van der Waals surface area contributed by atoms with Crippen LogP contribution in [0.2, 0.25) is 0 Å². The first kappa shape index (κ1) is 36.4. The van der Waals surface area contributed by atoms with E-state index in [1.807, 2.05) is 38.0 Å². The zero-order valence-corrected chi connectivity index (χ0v) is 25.6. The van der Waals surface area contributed by atoms with Crippen molar-refractivity contribution in [2.24, 2.45) is 11.5 Å². The molecule has 0 amide bonds. The maximum Gasteiger partial charge on any atom is 0.341 e. The summed E-state index contributed by atoms with van der Waals surface area (Å²) in [5, 5.41) is 21.4. The molecule has 0 aliphatic rings. The van der Waals surface area contributed by atoms with E-state index in [0.717, 1.165) is 21.6 Å². The molecule has 0 aliphatic heterocycles. The van der Waals surface area contributed by atoms with E-state index in [0.29, 0.717) is 6.42 Å². The Balaban J connectivity index is 6.05. The van der Waals surface area contributed by atoms with Gasteiger partial charge in [0.25, 0.3) is 0 Å². The Morgan fingerprint density at radius 3 is 1.66 bits per heavy atom. The number of nitrogens with one attached hydrogen (secondary N) is 1. The molecule has 0 aromatic rings. The lowest BCUT2D eigenvalue weighted by Crippen LogP contribution is -2.67. The molecule has 13 nitrogen and oxygen atoms in total. The Morgan fingerprint density at radius 2 is 1.29 bits per heavy atom. The molecule has 0 saturated heterocycles. The van der Waals surface area contributed by atoms with Crippen molar-refractivity contribution in [3.05, 3.63) is 0 Å². The number of rotatable bonds is 15. The molecule has 0 fully saturated rings. The van der Waals surface area contributed by atoms with Gasteiger partial charge in [-0.3, -0.25) is 9.80 Å². The first-order valence-electron chi connectivity index (χ1n) is 11.8. The van der Waals surface area contributed by atoms with Crippen molar-refractivity contribution >= 4 is 45.5 Å². The van der Waals surface area contributed by atoms with Crippen LogP contribution in [-0.4, -0.2) is 118 Å². The van der Waals surface area contributed by atoms with Crippen molar-refractivity contribution in [3.63, 3.8) is 0 Å². The number of hydrogen-bond acceptors (Lipinski definition) is 13. The van der Waals surface area contributed by atoms with Crippen LogP contribution in [0.4, 0.5) is 0 Å². The van der Waals surface area contributed by atoms with Gasteiger partial charge in [0.15, 0.2) is 0 Å². The highest BCUT2D eigenvalue weighted by atomic mass is 33.1. The third-order valence-corrected chi connectivity index (χ3v) is 7.80. The summed E-state index contributed by atoms with van der Waals surface area (Å²) in [5.74, 6) is -6.09. The molecule has 0 saturated carbocycles. The summed E-state index contributed by atoms with van der Waals surface area (Å²) in [6.07, 6.45) is 0.509. The Labute approximate surface area is 233 Å². The fraction of sp³-hybridized carbons (Fsp3) is 0.826. The maximum atomic E-state index is 13.0. The van der Waals surface area contributed by atoms with Crippen LogP contribution in [0.5, 0.6) is 0 Å². The molecule has 0 rings (SSSR count).